The van der Waals surface area contributed by atoms with Crippen LogP contribution >= 0.6 is 27.3 Å². The normalized spacial score (nSPS) is 9.50. The number of esters is 1. The number of rotatable bonds is 9. The van der Waals surface area contributed by atoms with Crippen molar-refractivity contribution in [3.8, 4) is 0 Å². The van der Waals surface area contributed by atoms with Crippen LogP contribution in [0.5, 0.6) is 0 Å². The second kappa shape index (κ2) is 14.7. The summed E-state index contributed by atoms with van der Waals surface area (Å²) in [7, 11) is 0. The zero-order valence-electron chi connectivity index (χ0n) is 11.9. The number of aryl methyl sites for hydroxylation is 1. The maximum absolute atomic E-state index is 10.5. The molecule has 20 heavy (non-hydrogen) atoms. The number of carbonyl (C=O) groups excluding carboxylic acids is 1. The van der Waals surface area contributed by atoms with Crippen molar-refractivity contribution in [2.24, 2.45) is 0 Å². The van der Waals surface area contributed by atoms with Gasteiger partial charge in [0.05, 0.1) is 10.4 Å². The SMILES string of the molecule is CC(=O)OCCCCCCCCc1c[c]sc1Br.[Br-].[Zn]. The molecular formula is C14H20Br2O2SZn-. The summed E-state index contributed by atoms with van der Waals surface area (Å²) in [4.78, 5) is 10.5. The number of hydrogen-bond acceptors (Lipinski definition) is 3. The molecular weight excluding hydrogens is 457 g/mol. The smallest absolute Gasteiger partial charge is 0.302 e. The average molecular weight is 478 g/mol. The van der Waals surface area contributed by atoms with Gasteiger partial charge in [0.2, 0.25) is 0 Å². The van der Waals surface area contributed by atoms with Gasteiger partial charge >= 0.3 is 5.97 Å². The van der Waals surface area contributed by atoms with Gasteiger partial charge in [-0.25, -0.2) is 0 Å². The summed E-state index contributed by atoms with van der Waals surface area (Å²) in [5, 5.41) is 3.14. The quantitative estimate of drug-likeness (QED) is 0.308. The van der Waals surface area contributed by atoms with E-state index in [4.69, 9.17) is 4.74 Å². The molecule has 0 saturated heterocycles. The summed E-state index contributed by atoms with van der Waals surface area (Å²) >= 11 is 5.17. The van der Waals surface area contributed by atoms with Crippen LogP contribution in [-0.4, -0.2) is 12.6 Å². The Kier molecular flexibility index (Phi) is 16.9. The molecule has 0 spiro atoms. The molecule has 2 nitrogen and oxygen atoms in total. The van der Waals surface area contributed by atoms with Gasteiger partial charge in [-0.05, 0) is 46.8 Å². The molecule has 6 heteroatoms. The summed E-state index contributed by atoms with van der Waals surface area (Å²) in [6.07, 6.45) is 8.31. The van der Waals surface area contributed by atoms with Crippen LogP contribution in [0, 0.1) is 5.38 Å². The van der Waals surface area contributed by atoms with Gasteiger partial charge in [0, 0.05) is 31.8 Å². The summed E-state index contributed by atoms with van der Waals surface area (Å²) in [6.45, 7) is 2.03. The third-order valence-corrected chi connectivity index (χ3v) is 4.45. The molecule has 1 aromatic rings. The first kappa shape index (κ1) is 23.0. The van der Waals surface area contributed by atoms with Gasteiger partial charge in [-0.15, -0.1) is 11.3 Å². The van der Waals surface area contributed by atoms with Crippen molar-refractivity contribution in [3.05, 3.63) is 20.8 Å². The predicted octanol–water partition coefficient (Wildman–Crippen LogP) is 1.76. The molecule has 0 saturated carbocycles. The molecule has 0 amide bonds. The Morgan fingerprint density at radius 3 is 2.40 bits per heavy atom. The molecule has 1 rings (SSSR count). The molecule has 0 unspecified atom stereocenters. The summed E-state index contributed by atoms with van der Waals surface area (Å²) in [6, 6.07) is 2.08. The van der Waals surface area contributed by atoms with E-state index in [0.717, 1.165) is 19.3 Å². The van der Waals surface area contributed by atoms with Crippen LogP contribution in [0.1, 0.15) is 51.0 Å². The van der Waals surface area contributed by atoms with E-state index in [1.807, 2.05) is 0 Å². The fraction of sp³-hybridized carbons (Fsp3) is 0.643. The number of unbranched alkanes of at least 4 members (excludes halogenated alkanes) is 5. The van der Waals surface area contributed by atoms with Gasteiger partial charge in [0.25, 0.3) is 0 Å². The topological polar surface area (TPSA) is 26.3 Å². The molecule has 0 atom stereocenters. The van der Waals surface area contributed by atoms with Crippen LogP contribution < -0.4 is 17.0 Å². The van der Waals surface area contributed by atoms with Gasteiger partial charge in [0.15, 0.2) is 0 Å². The molecule has 0 fully saturated rings. The van der Waals surface area contributed by atoms with E-state index in [-0.39, 0.29) is 42.4 Å². The van der Waals surface area contributed by atoms with Gasteiger partial charge in [-0.3, -0.25) is 4.79 Å². The van der Waals surface area contributed by atoms with Crippen LogP contribution in [0.15, 0.2) is 9.85 Å². The van der Waals surface area contributed by atoms with Gasteiger partial charge in [-0.1, -0.05) is 25.7 Å². The number of halogens is 2. The van der Waals surface area contributed by atoms with Gasteiger partial charge in [-0.2, -0.15) is 0 Å². The minimum atomic E-state index is -0.173. The Labute approximate surface area is 157 Å². The zero-order valence-corrected chi connectivity index (χ0v) is 18.9. The van der Waals surface area contributed by atoms with Crippen molar-refractivity contribution < 1.29 is 46.0 Å². The van der Waals surface area contributed by atoms with E-state index < -0.39 is 0 Å². The number of ether oxygens (including phenoxy) is 1. The molecule has 0 aromatic carbocycles. The van der Waals surface area contributed by atoms with E-state index in [1.54, 1.807) is 11.3 Å². The molecule has 0 aliphatic rings. The standard InChI is InChI=1S/C14H20BrO2S.BrH.Zn/c1-12(16)17-10-7-5-3-2-4-6-8-13-9-11-18-14(13)15;;/h9H,2-8,10H2,1H3;1H;/p-1. The molecule has 111 valence electrons. The summed E-state index contributed by atoms with van der Waals surface area (Å²) < 4.78 is 6.11. The first-order chi connectivity index (χ1) is 8.70. The van der Waals surface area contributed by atoms with E-state index in [2.05, 4.69) is 27.4 Å². The first-order valence-electron chi connectivity index (χ1n) is 6.48. The minimum absolute atomic E-state index is 0. The predicted molar refractivity (Wildman–Crippen MR) is 78.9 cm³/mol. The van der Waals surface area contributed by atoms with E-state index in [1.165, 1.54) is 42.0 Å². The van der Waals surface area contributed by atoms with Crippen LogP contribution in [0.4, 0.5) is 0 Å². The fourth-order valence-electron chi connectivity index (χ4n) is 1.79. The van der Waals surface area contributed by atoms with Crippen molar-refractivity contribution in [1.82, 2.24) is 0 Å². The second-order valence-electron chi connectivity index (χ2n) is 4.37. The maximum atomic E-state index is 10.5. The zero-order chi connectivity index (χ0) is 13.2. The van der Waals surface area contributed by atoms with Crippen LogP contribution in [0.2, 0.25) is 0 Å². The van der Waals surface area contributed by atoms with Crippen molar-refractivity contribution in [3.63, 3.8) is 0 Å². The van der Waals surface area contributed by atoms with E-state index in [0.29, 0.717) is 6.61 Å². The van der Waals surface area contributed by atoms with E-state index >= 15 is 0 Å². The van der Waals surface area contributed by atoms with Gasteiger partial charge < -0.3 is 21.7 Å². The molecule has 0 bridgehead atoms. The van der Waals surface area contributed by atoms with Gasteiger partial charge in [0.1, 0.15) is 0 Å². The molecule has 0 N–H and O–H groups in total. The van der Waals surface area contributed by atoms with Crippen molar-refractivity contribution >= 4 is 33.2 Å². The molecule has 1 radical (unpaired) electrons. The molecule has 1 aromatic heterocycles. The van der Waals surface area contributed by atoms with Crippen LogP contribution in [0.3, 0.4) is 0 Å². The fourth-order valence-corrected chi connectivity index (χ4v) is 2.98. The Hall–Kier alpha value is 0.753. The Balaban J connectivity index is 0. The van der Waals surface area contributed by atoms with Crippen molar-refractivity contribution in [2.45, 2.75) is 51.9 Å². The summed E-state index contributed by atoms with van der Waals surface area (Å²) in [5.74, 6) is -0.173. The number of thiophene rings is 1. The molecule has 1 heterocycles. The third-order valence-electron chi connectivity index (χ3n) is 2.78. The van der Waals surface area contributed by atoms with Crippen molar-refractivity contribution in [1.29, 1.82) is 0 Å². The largest absolute Gasteiger partial charge is 1.00 e. The Bertz CT molecular complexity index is 359. The second-order valence-corrected chi connectivity index (χ2v) is 6.54. The number of carbonyl (C=O) groups is 1. The monoisotopic (exact) mass is 474 g/mol. The average Bonchev–Trinajstić information content (AvgIpc) is 2.72. The molecule has 0 aliphatic carbocycles. The van der Waals surface area contributed by atoms with Crippen LogP contribution in [-0.2, 0) is 35.4 Å². The van der Waals surface area contributed by atoms with Crippen LogP contribution in [0.25, 0.3) is 0 Å². The Morgan fingerprint density at radius 1 is 1.25 bits per heavy atom. The minimum Gasteiger partial charge on any atom is -1.00 e. The summed E-state index contributed by atoms with van der Waals surface area (Å²) in [5.41, 5.74) is 1.38. The number of hydrogen-bond donors (Lipinski definition) is 0. The maximum Gasteiger partial charge on any atom is 0.302 e. The third kappa shape index (κ3) is 11.4. The van der Waals surface area contributed by atoms with E-state index in [9.17, 15) is 4.79 Å². The Morgan fingerprint density at radius 2 is 1.85 bits per heavy atom. The molecule has 0 aliphatic heterocycles. The van der Waals surface area contributed by atoms with Crippen molar-refractivity contribution in [2.75, 3.05) is 6.61 Å². The first-order valence-corrected chi connectivity index (χ1v) is 8.08.